The maximum Gasteiger partial charge on any atom is 0.305 e. The Balaban J connectivity index is 3.84. The summed E-state index contributed by atoms with van der Waals surface area (Å²) >= 11 is 6.64. The molecule has 0 unspecified atom stereocenters. The third-order valence-corrected chi connectivity index (χ3v) is 3.86. The Morgan fingerprint density at radius 1 is 1.14 bits per heavy atom. The lowest BCUT2D eigenvalue weighted by Gasteiger charge is -2.11. The van der Waals surface area contributed by atoms with Gasteiger partial charge in [-0.3, -0.25) is 4.79 Å². The molecule has 0 aromatic carbocycles. The van der Waals surface area contributed by atoms with Crippen LogP contribution in [0.2, 0.25) is 0 Å². The molecule has 6 heteroatoms. The molecule has 4 nitrogen and oxygen atoms in total. The molecule has 0 saturated carbocycles. The smallest absolute Gasteiger partial charge is 0.305 e. The number of rotatable bonds is 12. The largest absolute Gasteiger partial charge is 0.469 e. The van der Waals surface area contributed by atoms with Crippen molar-refractivity contribution < 1.29 is 19.4 Å². The maximum absolute atomic E-state index is 11.1. The predicted octanol–water partition coefficient (Wildman–Crippen LogP) is 4.45. The van der Waals surface area contributed by atoms with Gasteiger partial charge in [0.15, 0.2) is 0 Å². The van der Waals surface area contributed by atoms with Crippen LogP contribution in [0, 0.1) is 0 Å². The number of esters is 1. The molecule has 0 aliphatic carbocycles. The van der Waals surface area contributed by atoms with E-state index in [4.69, 9.17) is 4.74 Å². The lowest BCUT2D eigenvalue weighted by atomic mass is 10.1. The first-order valence-corrected chi connectivity index (χ1v) is 9.05. The van der Waals surface area contributed by atoms with E-state index in [9.17, 15) is 9.90 Å². The molecule has 0 radical (unpaired) electrons. The van der Waals surface area contributed by atoms with Crippen LogP contribution in [0.5, 0.6) is 0 Å². The molecular weight excluding hydrogens is 416 g/mol. The summed E-state index contributed by atoms with van der Waals surface area (Å²) < 4.78 is 10.8. The summed E-state index contributed by atoms with van der Waals surface area (Å²) in [7, 11) is 2.96. The Kier molecular flexibility index (Phi) is 14.3. The van der Waals surface area contributed by atoms with Crippen LogP contribution in [0.3, 0.4) is 0 Å². The van der Waals surface area contributed by atoms with Crippen LogP contribution in [0.4, 0.5) is 0 Å². The number of aliphatic hydroxyl groups is 1. The summed E-state index contributed by atoms with van der Waals surface area (Å²) in [4.78, 5) is 11.1. The third-order valence-electron chi connectivity index (χ3n) is 3.21. The highest BCUT2D eigenvalue weighted by atomic mass is 79.9. The minimum absolute atomic E-state index is 0.171. The van der Waals surface area contributed by atoms with Crippen molar-refractivity contribution in [2.24, 2.45) is 0 Å². The standard InChI is InChI=1S/C16H26Br2O4/c1-21-14(11-12-16(20)22-2)10-9-13(19)7-5-3-4-6-8-15(17)18/h8-10,13-14,19H,3-7,11-12H2,1-2H3/b10-9+/t13-,14+/m0/s1. The fourth-order valence-electron chi connectivity index (χ4n) is 1.89. The first-order chi connectivity index (χ1) is 10.5. The molecule has 1 N–H and O–H groups in total. The van der Waals surface area contributed by atoms with E-state index in [-0.39, 0.29) is 12.1 Å². The summed E-state index contributed by atoms with van der Waals surface area (Å²) in [5.74, 6) is -0.250. The van der Waals surface area contributed by atoms with Crippen LogP contribution in [-0.2, 0) is 14.3 Å². The van der Waals surface area contributed by atoms with Gasteiger partial charge in [-0.15, -0.1) is 0 Å². The summed E-state index contributed by atoms with van der Waals surface area (Å²) in [6, 6.07) is 0. The van der Waals surface area contributed by atoms with E-state index < -0.39 is 6.10 Å². The van der Waals surface area contributed by atoms with Gasteiger partial charge in [-0.25, -0.2) is 0 Å². The number of hydrogen-bond donors (Lipinski definition) is 1. The predicted molar refractivity (Wildman–Crippen MR) is 96.2 cm³/mol. The zero-order chi connectivity index (χ0) is 16.8. The number of aliphatic hydroxyl groups excluding tert-OH is 1. The second kappa shape index (κ2) is 14.4. The molecule has 0 aliphatic heterocycles. The van der Waals surface area contributed by atoms with Gasteiger partial charge in [-0.2, -0.15) is 0 Å². The number of methoxy groups -OCH3 is 2. The molecule has 0 amide bonds. The molecule has 2 atom stereocenters. The van der Waals surface area contributed by atoms with Crippen LogP contribution in [0.1, 0.15) is 44.9 Å². The first kappa shape index (κ1) is 21.8. The molecule has 0 fully saturated rings. The average Bonchev–Trinajstić information content (AvgIpc) is 2.50. The number of ether oxygens (including phenoxy) is 2. The number of allylic oxidation sites excluding steroid dienone is 1. The van der Waals surface area contributed by atoms with Crippen molar-refractivity contribution in [3.8, 4) is 0 Å². The molecule has 128 valence electrons. The first-order valence-electron chi connectivity index (χ1n) is 7.46. The molecular formula is C16H26Br2O4. The minimum Gasteiger partial charge on any atom is -0.469 e. The van der Waals surface area contributed by atoms with Gasteiger partial charge in [0.2, 0.25) is 0 Å². The van der Waals surface area contributed by atoms with Crippen molar-refractivity contribution in [1.29, 1.82) is 0 Å². The monoisotopic (exact) mass is 440 g/mol. The van der Waals surface area contributed by atoms with Crippen LogP contribution in [-0.4, -0.2) is 37.5 Å². The summed E-state index contributed by atoms with van der Waals surface area (Å²) in [5.41, 5.74) is 0. The second-order valence-corrected chi connectivity index (χ2v) is 7.75. The number of carbonyl (C=O) groups excluding carboxylic acids is 1. The Labute approximate surface area is 150 Å². The van der Waals surface area contributed by atoms with Gasteiger partial charge < -0.3 is 14.6 Å². The molecule has 0 aromatic heterocycles. The highest BCUT2D eigenvalue weighted by Gasteiger charge is 2.08. The fourth-order valence-corrected chi connectivity index (χ4v) is 2.35. The van der Waals surface area contributed by atoms with Gasteiger partial charge in [-0.05, 0) is 57.5 Å². The quantitative estimate of drug-likeness (QED) is 0.276. The average molecular weight is 442 g/mol. The number of halogens is 2. The molecule has 0 heterocycles. The molecule has 0 rings (SSSR count). The van der Waals surface area contributed by atoms with E-state index in [0.29, 0.717) is 12.8 Å². The highest BCUT2D eigenvalue weighted by molar-refractivity contribution is 9.28. The van der Waals surface area contributed by atoms with E-state index in [0.717, 1.165) is 35.5 Å². The summed E-state index contributed by atoms with van der Waals surface area (Å²) in [6.07, 6.45) is 10.8. The van der Waals surface area contributed by atoms with Crippen molar-refractivity contribution in [2.75, 3.05) is 14.2 Å². The zero-order valence-electron chi connectivity index (χ0n) is 13.3. The van der Waals surface area contributed by atoms with E-state index >= 15 is 0 Å². The van der Waals surface area contributed by atoms with Crippen LogP contribution in [0.25, 0.3) is 0 Å². The van der Waals surface area contributed by atoms with Gasteiger partial charge in [0.05, 0.1) is 22.7 Å². The van der Waals surface area contributed by atoms with Crippen molar-refractivity contribution in [3.63, 3.8) is 0 Å². The van der Waals surface area contributed by atoms with E-state index in [1.807, 2.05) is 6.08 Å². The fraction of sp³-hybridized carbons (Fsp3) is 0.688. The van der Waals surface area contributed by atoms with Crippen molar-refractivity contribution >= 4 is 37.8 Å². The van der Waals surface area contributed by atoms with Gasteiger partial charge >= 0.3 is 5.97 Å². The van der Waals surface area contributed by atoms with Crippen molar-refractivity contribution in [3.05, 3.63) is 21.6 Å². The second-order valence-electron chi connectivity index (χ2n) is 4.97. The Bertz CT molecular complexity index is 352. The minimum atomic E-state index is -0.464. The van der Waals surface area contributed by atoms with Gasteiger partial charge in [0.25, 0.3) is 0 Å². The van der Waals surface area contributed by atoms with Crippen LogP contribution in [0.15, 0.2) is 21.6 Å². The Morgan fingerprint density at radius 3 is 2.45 bits per heavy atom. The van der Waals surface area contributed by atoms with Crippen LogP contribution >= 0.6 is 31.9 Å². The van der Waals surface area contributed by atoms with Gasteiger partial charge in [0.1, 0.15) is 0 Å². The maximum atomic E-state index is 11.1. The van der Waals surface area contributed by atoms with Crippen molar-refractivity contribution in [1.82, 2.24) is 0 Å². The molecule has 0 bridgehead atoms. The number of carbonyl (C=O) groups is 1. The molecule has 0 saturated heterocycles. The van der Waals surface area contributed by atoms with Gasteiger partial charge in [-0.1, -0.05) is 31.1 Å². The number of unbranched alkanes of at least 4 members (excludes halogenated alkanes) is 3. The van der Waals surface area contributed by atoms with E-state index in [2.05, 4.69) is 42.7 Å². The summed E-state index contributed by atoms with van der Waals surface area (Å²) in [6.45, 7) is 0. The Hall–Kier alpha value is -0.170. The lowest BCUT2D eigenvalue weighted by Crippen LogP contribution is -2.12. The van der Waals surface area contributed by atoms with Crippen LogP contribution < -0.4 is 0 Å². The zero-order valence-corrected chi connectivity index (χ0v) is 16.4. The van der Waals surface area contributed by atoms with E-state index in [1.54, 1.807) is 13.2 Å². The molecule has 0 spiro atoms. The number of hydrogen-bond acceptors (Lipinski definition) is 4. The Morgan fingerprint density at radius 2 is 1.86 bits per heavy atom. The van der Waals surface area contributed by atoms with E-state index in [1.165, 1.54) is 7.11 Å². The molecule has 0 aromatic rings. The summed E-state index contributed by atoms with van der Waals surface area (Å²) in [5, 5.41) is 9.90. The normalized spacial score (nSPS) is 13.9. The van der Waals surface area contributed by atoms with Gasteiger partial charge in [0, 0.05) is 13.5 Å². The molecule has 0 aliphatic rings. The topological polar surface area (TPSA) is 55.8 Å². The molecule has 22 heavy (non-hydrogen) atoms. The highest BCUT2D eigenvalue weighted by Crippen LogP contribution is 2.16. The van der Waals surface area contributed by atoms with Crippen molar-refractivity contribution in [2.45, 2.75) is 57.2 Å². The third kappa shape index (κ3) is 13.5. The SMILES string of the molecule is COC(=O)CC[C@@H](/C=C/[C@@H](O)CCCCCC=C(Br)Br)OC. The lowest BCUT2D eigenvalue weighted by molar-refractivity contribution is -0.141.